The van der Waals surface area contributed by atoms with Crippen molar-refractivity contribution in [2.45, 2.75) is 18.9 Å². The SMILES string of the molecule is CN(CCOc1cccc(Cl)c1)C(=O)/C=C/c1ccc(C(=O)NC2CC2)cc1. The van der Waals surface area contributed by atoms with Crippen LogP contribution in [0.5, 0.6) is 5.75 Å². The summed E-state index contributed by atoms with van der Waals surface area (Å²) in [6.07, 6.45) is 5.37. The van der Waals surface area contributed by atoms with E-state index in [1.165, 1.54) is 6.08 Å². The van der Waals surface area contributed by atoms with Crippen molar-refractivity contribution in [3.8, 4) is 5.75 Å². The molecule has 2 aromatic rings. The molecule has 5 nitrogen and oxygen atoms in total. The highest BCUT2D eigenvalue weighted by atomic mass is 35.5. The maximum atomic E-state index is 12.2. The summed E-state index contributed by atoms with van der Waals surface area (Å²) >= 11 is 5.91. The highest BCUT2D eigenvalue weighted by molar-refractivity contribution is 6.30. The molecule has 1 fully saturated rings. The van der Waals surface area contributed by atoms with Crippen LogP contribution in [0.25, 0.3) is 6.08 Å². The molecule has 1 aliphatic rings. The quantitative estimate of drug-likeness (QED) is 0.688. The number of carbonyl (C=O) groups excluding carboxylic acids is 2. The molecule has 0 aromatic heterocycles. The topological polar surface area (TPSA) is 58.6 Å². The Morgan fingerprint density at radius 3 is 2.64 bits per heavy atom. The Morgan fingerprint density at radius 2 is 1.96 bits per heavy atom. The zero-order valence-corrected chi connectivity index (χ0v) is 16.5. The molecule has 1 saturated carbocycles. The third-order valence-corrected chi connectivity index (χ3v) is 4.61. The second-order valence-electron chi connectivity index (χ2n) is 6.77. The summed E-state index contributed by atoms with van der Waals surface area (Å²) in [5.41, 5.74) is 1.49. The van der Waals surface area contributed by atoms with E-state index in [0.717, 1.165) is 18.4 Å². The van der Waals surface area contributed by atoms with Gasteiger partial charge in [-0.15, -0.1) is 0 Å². The molecule has 146 valence electrons. The van der Waals surface area contributed by atoms with E-state index in [1.54, 1.807) is 42.3 Å². The van der Waals surface area contributed by atoms with E-state index in [-0.39, 0.29) is 11.8 Å². The predicted molar refractivity (Wildman–Crippen MR) is 111 cm³/mol. The first kappa shape index (κ1) is 20.0. The van der Waals surface area contributed by atoms with Gasteiger partial charge in [0.05, 0.1) is 6.54 Å². The van der Waals surface area contributed by atoms with E-state index in [0.29, 0.717) is 35.5 Å². The molecule has 0 bridgehead atoms. The van der Waals surface area contributed by atoms with Gasteiger partial charge in [0.1, 0.15) is 12.4 Å². The van der Waals surface area contributed by atoms with Gasteiger partial charge in [0.15, 0.2) is 0 Å². The summed E-state index contributed by atoms with van der Waals surface area (Å²) in [6.45, 7) is 0.831. The molecule has 0 unspecified atom stereocenters. The second kappa shape index (κ2) is 9.42. The number of nitrogens with zero attached hydrogens (tertiary/aromatic N) is 1. The highest BCUT2D eigenvalue weighted by Gasteiger charge is 2.23. The Hall–Kier alpha value is -2.79. The summed E-state index contributed by atoms with van der Waals surface area (Å²) < 4.78 is 5.60. The van der Waals surface area contributed by atoms with Gasteiger partial charge in [0, 0.05) is 29.8 Å². The van der Waals surface area contributed by atoms with E-state index in [2.05, 4.69) is 5.32 Å². The number of ether oxygens (including phenoxy) is 1. The second-order valence-corrected chi connectivity index (χ2v) is 7.21. The number of halogens is 1. The number of amides is 2. The summed E-state index contributed by atoms with van der Waals surface area (Å²) in [7, 11) is 1.72. The number of rotatable bonds is 8. The van der Waals surface area contributed by atoms with Crippen molar-refractivity contribution in [2.24, 2.45) is 0 Å². The number of carbonyl (C=O) groups is 2. The van der Waals surface area contributed by atoms with Crippen molar-refractivity contribution < 1.29 is 14.3 Å². The van der Waals surface area contributed by atoms with Crippen molar-refractivity contribution in [1.29, 1.82) is 0 Å². The average Bonchev–Trinajstić information content (AvgIpc) is 3.50. The van der Waals surface area contributed by atoms with Crippen LogP contribution in [0.4, 0.5) is 0 Å². The molecule has 2 amide bonds. The van der Waals surface area contributed by atoms with Gasteiger partial charge >= 0.3 is 0 Å². The molecule has 3 rings (SSSR count). The number of hydrogen-bond acceptors (Lipinski definition) is 3. The molecule has 0 spiro atoms. The fourth-order valence-electron chi connectivity index (χ4n) is 2.50. The monoisotopic (exact) mass is 398 g/mol. The Bertz CT molecular complexity index is 860. The van der Waals surface area contributed by atoms with Crippen molar-refractivity contribution in [2.75, 3.05) is 20.2 Å². The van der Waals surface area contributed by atoms with E-state index in [9.17, 15) is 9.59 Å². The van der Waals surface area contributed by atoms with Gasteiger partial charge in [-0.1, -0.05) is 29.8 Å². The Morgan fingerprint density at radius 1 is 1.21 bits per heavy atom. The minimum atomic E-state index is -0.120. The van der Waals surface area contributed by atoms with Crippen LogP contribution in [0.15, 0.2) is 54.6 Å². The molecule has 0 aliphatic heterocycles. The number of hydrogen-bond donors (Lipinski definition) is 1. The summed E-state index contributed by atoms with van der Waals surface area (Å²) in [4.78, 5) is 25.8. The highest BCUT2D eigenvalue weighted by Crippen LogP contribution is 2.19. The van der Waals surface area contributed by atoms with Gasteiger partial charge in [0.25, 0.3) is 5.91 Å². The zero-order chi connectivity index (χ0) is 19.9. The standard InChI is InChI=1S/C22H23ClN2O3/c1-25(13-14-28-20-4-2-3-18(23)15-20)21(26)12-7-16-5-8-17(9-6-16)22(27)24-19-10-11-19/h2-9,12,15,19H,10-11,13-14H2,1H3,(H,24,27)/b12-7+. The van der Waals surface area contributed by atoms with Crippen molar-refractivity contribution >= 4 is 29.5 Å². The normalized spacial score (nSPS) is 13.4. The molecule has 0 radical (unpaired) electrons. The molecule has 0 atom stereocenters. The van der Waals surface area contributed by atoms with Crippen LogP contribution in [0.2, 0.25) is 5.02 Å². The van der Waals surface area contributed by atoms with Crippen LogP contribution in [-0.2, 0) is 4.79 Å². The molecule has 0 saturated heterocycles. The summed E-state index contributed by atoms with van der Waals surface area (Å²) in [5.74, 6) is 0.508. The fourth-order valence-corrected chi connectivity index (χ4v) is 2.68. The number of likely N-dealkylation sites (N-methyl/N-ethyl adjacent to an activating group) is 1. The molecule has 2 aromatic carbocycles. The van der Waals surface area contributed by atoms with Crippen LogP contribution in [-0.4, -0.2) is 43.0 Å². The largest absolute Gasteiger partial charge is 0.492 e. The predicted octanol–water partition coefficient (Wildman–Crippen LogP) is 3.78. The van der Waals surface area contributed by atoms with Gasteiger partial charge in [-0.05, 0) is 54.8 Å². The maximum absolute atomic E-state index is 12.2. The zero-order valence-electron chi connectivity index (χ0n) is 15.7. The number of nitrogens with one attached hydrogen (secondary N) is 1. The Labute approximate surface area is 169 Å². The third-order valence-electron chi connectivity index (χ3n) is 4.37. The minimum Gasteiger partial charge on any atom is -0.492 e. The molecular weight excluding hydrogens is 376 g/mol. The van der Waals surface area contributed by atoms with Crippen LogP contribution in [0, 0.1) is 0 Å². The van der Waals surface area contributed by atoms with Gasteiger partial charge in [-0.2, -0.15) is 0 Å². The summed E-state index contributed by atoms with van der Waals surface area (Å²) in [5, 5.41) is 3.56. The molecular formula is C22H23ClN2O3. The first-order valence-electron chi connectivity index (χ1n) is 9.24. The van der Waals surface area contributed by atoms with Crippen LogP contribution in [0.1, 0.15) is 28.8 Å². The Balaban J connectivity index is 1.44. The molecule has 6 heteroatoms. The lowest BCUT2D eigenvalue weighted by molar-refractivity contribution is -0.125. The van der Waals surface area contributed by atoms with Crippen molar-refractivity contribution in [3.63, 3.8) is 0 Å². The fraction of sp³-hybridized carbons (Fsp3) is 0.273. The van der Waals surface area contributed by atoms with Crippen LogP contribution < -0.4 is 10.1 Å². The van der Waals surface area contributed by atoms with E-state index in [1.807, 2.05) is 24.3 Å². The lowest BCUT2D eigenvalue weighted by Gasteiger charge is -2.15. The van der Waals surface area contributed by atoms with E-state index < -0.39 is 0 Å². The Kier molecular flexibility index (Phi) is 6.71. The average molecular weight is 399 g/mol. The van der Waals surface area contributed by atoms with Gasteiger partial charge < -0.3 is 15.0 Å². The lowest BCUT2D eigenvalue weighted by Crippen LogP contribution is -2.29. The van der Waals surface area contributed by atoms with Gasteiger partial charge in [-0.3, -0.25) is 9.59 Å². The molecule has 0 heterocycles. The molecule has 1 N–H and O–H groups in total. The number of benzene rings is 2. The smallest absolute Gasteiger partial charge is 0.251 e. The van der Waals surface area contributed by atoms with Gasteiger partial charge in [-0.25, -0.2) is 0 Å². The molecule has 28 heavy (non-hydrogen) atoms. The van der Waals surface area contributed by atoms with Crippen LogP contribution >= 0.6 is 11.6 Å². The van der Waals surface area contributed by atoms with Crippen molar-refractivity contribution in [3.05, 3.63) is 70.8 Å². The third kappa shape index (κ3) is 6.13. The molecule has 1 aliphatic carbocycles. The lowest BCUT2D eigenvalue weighted by atomic mass is 10.1. The van der Waals surface area contributed by atoms with Crippen molar-refractivity contribution in [1.82, 2.24) is 10.2 Å². The van der Waals surface area contributed by atoms with E-state index in [4.69, 9.17) is 16.3 Å². The minimum absolute atomic E-state index is 0.0476. The van der Waals surface area contributed by atoms with Gasteiger partial charge in [0.2, 0.25) is 5.91 Å². The van der Waals surface area contributed by atoms with E-state index >= 15 is 0 Å². The maximum Gasteiger partial charge on any atom is 0.251 e. The first-order valence-corrected chi connectivity index (χ1v) is 9.61. The summed E-state index contributed by atoms with van der Waals surface area (Å²) in [6, 6.07) is 14.7. The van der Waals surface area contributed by atoms with Crippen LogP contribution in [0.3, 0.4) is 0 Å². The first-order chi connectivity index (χ1) is 13.5.